The molecule has 0 bridgehead atoms. The lowest BCUT2D eigenvalue weighted by Crippen LogP contribution is -2.31. The zero-order valence-corrected chi connectivity index (χ0v) is 20.8. The maximum Gasteiger partial charge on any atom is 0.340 e. The Morgan fingerprint density at radius 2 is 2.00 bits per heavy atom. The largest absolute Gasteiger partial charge is 0.493 e. The van der Waals surface area contributed by atoms with Crippen molar-refractivity contribution in [1.29, 1.82) is 5.26 Å². The second-order valence-corrected chi connectivity index (χ2v) is 8.85. The number of esters is 1. The van der Waals surface area contributed by atoms with Crippen molar-refractivity contribution < 1.29 is 28.5 Å². The molecule has 1 aliphatic heterocycles. The number of nitrogens with two attached hydrogens (primary N) is 1. The Balaban J connectivity index is 1.78. The molecule has 0 aromatic heterocycles. The summed E-state index contributed by atoms with van der Waals surface area (Å²) in [6.45, 7) is 0.150. The van der Waals surface area contributed by atoms with Gasteiger partial charge >= 0.3 is 5.97 Å². The van der Waals surface area contributed by atoms with Gasteiger partial charge in [-0.15, -0.1) is 0 Å². The topological polar surface area (TPSA) is 121 Å². The highest BCUT2D eigenvalue weighted by Gasteiger charge is 2.42. The number of allylic oxidation sites excluding steroid dienone is 2. The lowest BCUT2D eigenvalue weighted by Gasteiger charge is -2.33. The lowest BCUT2D eigenvalue weighted by molar-refractivity contribution is -0.136. The van der Waals surface area contributed by atoms with Crippen LogP contribution in [0.25, 0.3) is 0 Å². The van der Waals surface area contributed by atoms with Crippen LogP contribution in [0.2, 0.25) is 0 Å². The number of Topliss-reactive ketones (excluding diaryl/α,β-unsaturated/α-hetero) is 1. The molecule has 1 atom stereocenters. The molecular formula is C26H23BrN2O6. The Morgan fingerprint density at radius 1 is 1.23 bits per heavy atom. The molecule has 0 unspecified atom stereocenters. The van der Waals surface area contributed by atoms with Gasteiger partial charge in [0.1, 0.15) is 17.9 Å². The summed E-state index contributed by atoms with van der Waals surface area (Å²) in [5.74, 6) is -0.400. The van der Waals surface area contributed by atoms with Crippen LogP contribution in [-0.2, 0) is 25.7 Å². The maximum absolute atomic E-state index is 13.0. The van der Waals surface area contributed by atoms with Gasteiger partial charge in [-0.2, -0.15) is 5.26 Å². The number of ketones is 1. The summed E-state index contributed by atoms with van der Waals surface area (Å²) in [6.07, 6.45) is 1.54. The van der Waals surface area contributed by atoms with E-state index < -0.39 is 11.9 Å². The summed E-state index contributed by atoms with van der Waals surface area (Å²) in [7, 11) is 2.74. The van der Waals surface area contributed by atoms with Crippen molar-refractivity contribution in [3.8, 4) is 17.6 Å². The number of methoxy groups -OCH3 is 2. The lowest BCUT2D eigenvalue weighted by atomic mass is 9.77. The predicted octanol–water partition coefficient (Wildman–Crippen LogP) is 4.37. The number of benzene rings is 2. The predicted molar refractivity (Wildman–Crippen MR) is 129 cm³/mol. The number of carbonyl (C=O) groups is 2. The standard InChI is InChI=1S/C26H23BrN2O6/c1-32-20-10-16(17(27)11-21(20)34-13-15-7-4-3-6-14(15)12-28)22-23-18(30)8-5-9-19(23)35-25(29)24(22)26(31)33-2/h3-4,6-7,10-11,22H,5,8-9,13,29H2,1-2H3/t22-/m0/s1. The molecule has 0 amide bonds. The van der Waals surface area contributed by atoms with Gasteiger partial charge in [0, 0.05) is 28.5 Å². The Labute approximate surface area is 211 Å². The minimum absolute atomic E-state index is 0.0564. The van der Waals surface area contributed by atoms with Crippen LogP contribution in [0.4, 0.5) is 0 Å². The fourth-order valence-corrected chi connectivity index (χ4v) is 4.88. The summed E-state index contributed by atoms with van der Waals surface area (Å²) in [5, 5.41) is 9.34. The van der Waals surface area contributed by atoms with Crippen molar-refractivity contribution in [2.24, 2.45) is 5.73 Å². The van der Waals surface area contributed by atoms with E-state index in [4.69, 9.17) is 24.7 Å². The number of nitriles is 1. The molecule has 1 heterocycles. The zero-order chi connectivity index (χ0) is 25.1. The van der Waals surface area contributed by atoms with E-state index in [9.17, 15) is 14.9 Å². The Bertz CT molecular complexity index is 1310. The van der Waals surface area contributed by atoms with Gasteiger partial charge in [0.2, 0.25) is 5.88 Å². The molecule has 4 rings (SSSR count). The van der Waals surface area contributed by atoms with Crippen molar-refractivity contribution in [2.45, 2.75) is 31.8 Å². The summed E-state index contributed by atoms with van der Waals surface area (Å²) >= 11 is 3.58. The first-order valence-corrected chi connectivity index (χ1v) is 11.7. The summed E-state index contributed by atoms with van der Waals surface area (Å²) in [6, 6.07) is 12.7. The SMILES string of the molecule is COC(=O)C1=C(N)OC2=C(C(=O)CCC2)[C@@H]1c1cc(OC)c(OCc2ccccc2C#N)cc1Br. The average molecular weight is 539 g/mol. The Hall–Kier alpha value is -3.77. The third-order valence-electron chi connectivity index (χ3n) is 6.00. The van der Waals surface area contributed by atoms with Crippen LogP contribution in [0.3, 0.4) is 0 Å². The molecule has 0 saturated carbocycles. The van der Waals surface area contributed by atoms with Gasteiger partial charge in [0.25, 0.3) is 0 Å². The van der Waals surface area contributed by atoms with Gasteiger partial charge in [-0.05, 0) is 30.2 Å². The van der Waals surface area contributed by atoms with Crippen LogP contribution in [0.1, 0.15) is 41.9 Å². The quantitative estimate of drug-likeness (QED) is 0.538. The van der Waals surface area contributed by atoms with Crippen molar-refractivity contribution in [1.82, 2.24) is 0 Å². The van der Waals surface area contributed by atoms with E-state index >= 15 is 0 Å². The number of rotatable bonds is 6. The van der Waals surface area contributed by atoms with Gasteiger partial charge in [-0.1, -0.05) is 34.1 Å². The van der Waals surface area contributed by atoms with Crippen LogP contribution < -0.4 is 15.2 Å². The molecule has 8 nitrogen and oxygen atoms in total. The molecule has 180 valence electrons. The van der Waals surface area contributed by atoms with Crippen LogP contribution >= 0.6 is 15.9 Å². The molecule has 1 aliphatic carbocycles. The van der Waals surface area contributed by atoms with E-state index in [1.807, 2.05) is 12.1 Å². The normalized spacial score (nSPS) is 17.3. The number of halogens is 1. The molecule has 35 heavy (non-hydrogen) atoms. The van der Waals surface area contributed by atoms with Crippen LogP contribution in [-0.4, -0.2) is 26.0 Å². The molecule has 2 aromatic carbocycles. The summed E-state index contributed by atoms with van der Waals surface area (Å²) in [4.78, 5) is 25.7. The molecule has 0 saturated heterocycles. The van der Waals surface area contributed by atoms with E-state index in [-0.39, 0.29) is 23.8 Å². The highest BCUT2D eigenvalue weighted by atomic mass is 79.9. The Morgan fingerprint density at radius 3 is 2.71 bits per heavy atom. The van der Waals surface area contributed by atoms with Gasteiger partial charge in [-0.3, -0.25) is 4.79 Å². The highest BCUT2D eigenvalue weighted by Crippen LogP contribution is 2.48. The van der Waals surface area contributed by atoms with Crippen LogP contribution in [0.5, 0.6) is 11.5 Å². The zero-order valence-electron chi connectivity index (χ0n) is 19.2. The molecule has 0 spiro atoms. The molecule has 2 aliphatic rings. The van der Waals surface area contributed by atoms with Crippen molar-refractivity contribution in [3.05, 3.63) is 80.3 Å². The minimum atomic E-state index is -0.796. The summed E-state index contributed by atoms with van der Waals surface area (Å²) < 4.78 is 22.8. The summed E-state index contributed by atoms with van der Waals surface area (Å²) in [5.41, 5.74) is 8.42. The fourth-order valence-electron chi connectivity index (χ4n) is 4.33. The molecule has 2 N–H and O–H groups in total. The number of hydrogen-bond donors (Lipinski definition) is 1. The molecule has 9 heteroatoms. The number of ether oxygens (including phenoxy) is 4. The van der Waals surface area contributed by atoms with Crippen LogP contribution in [0, 0.1) is 11.3 Å². The molecular weight excluding hydrogens is 516 g/mol. The van der Waals surface area contributed by atoms with E-state index in [2.05, 4.69) is 22.0 Å². The number of hydrogen-bond acceptors (Lipinski definition) is 8. The smallest absolute Gasteiger partial charge is 0.340 e. The first-order chi connectivity index (χ1) is 16.9. The molecule has 0 fully saturated rings. The van der Waals surface area contributed by atoms with Crippen molar-refractivity contribution >= 4 is 27.7 Å². The third-order valence-corrected chi connectivity index (χ3v) is 6.69. The number of nitrogens with zero attached hydrogens (tertiary/aromatic N) is 1. The third kappa shape index (κ3) is 4.62. The van der Waals surface area contributed by atoms with E-state index in [1.165, 1.54) is 14.2 Å². The van der Waals surface area contributed by atoms with E-state index in [0.29, 0.717) is 57.7 Å². The molecule has 0 radical (unpaired) electrons. The fraction of sp³-hybridized carbons (Fsp3) is 0.269. The average Bonchev–Trinajstić information content (AvgIpc) is 2.86. The minimum Gasteiger partial charge on any atom is -0.493 e. The number of carbonyl (C=O) groups excluding carboxylic acids is 2. The monoisotopic (exact) mass is 538 g/mol. The van der Waals surface area contributed by atoms with Gasteiger partial charge in [-0.25, -0.2) is 4.79 Å². The van der Waals surface area contributed by atoms with E-state index in [0.717, 1.165) is 5.56 Å². The second kappa shape index (κ2) is 10.2. The first-order valence-electron chi connectivity index (χ1n) is 10.9. The van der Waals surface area contributed by atoms with Gasteiger partial charge < -0.3 is 24.7 Å². The van der Waals surface area contributed by atoms with E-state index in [1.54, 1.807) is 24.3 Å². The first kappa shape index (κ1) is 24.4. The highest BCUT2D eigenvalue weighted by molar-refractivity contribution is 9.10. The second-order valence-electron chi connectivity index (χ2n) is 8.00. The van der Waals surface area contributed by atoms with Crippen molar-refractivity contribution in [2.75, 3.05) is 14.2 Å². The van der Waals surface area contributed by atoms with Gasteiger partial charge in [0.15, 0.2) is 17.3 Å². The van der Waals surface area contributed by atoms with Crippen LogP contribution in [0.15, 0.2) is 63.7 Å². The van der Waals surface area contributed by atoms with Crippen molar-refractivity contribution in [3.63, 3.8) is 0 Å². The Kier molecular flexibility index (Phi) is 7.12. The molecule has 2 aromatic rings. The maximum atomic E-state index is 13.0. The van der Waals surface area contributed by atoms with Gasteiger partial charge in [0.05, 0.1) is 31.8 Å².